The fraction of sp³-hybridized carbons (Fsp3) is 0.667. The molecule has 1 aliphatic rings. The zero-order valence-electron chi connectivity index (χ0n) is 10.2. The smallest absolute Gasteiger partial charge is 0.227 e. The minimum absolute atomic E-state index is 0.00449. The summed E-state index contributed by atoms with van der Waals surface area (Å²) in [6.45, 7) is 0. The van der Waals surface area contributed by atoms with Gasteiger partial charge in [-0.1, -0.05) is 24.4 Å². The summed E-state index contributed by atoms with van der Waals surface area (Å²) in [6.07, 6.45) is 7.73. The van der Waals surface area contributed by atoms with Gasteiger partial charge in [0.2, 0.25) is 5.91 Å². The third-order valence-electron chi connectivity index (χ3n) is 3.55. The lowest BCUT2D eigenvalue weighted by Gasteiger charge is -2.36. The molecule has 1 aromatic heterocycles. The Hall–Kier alpha value is -1.36. The largest absolute Gasteiger partial charge is 0.363 e. The summed E-state index contributed by atoms with van der Waals surface area (Å²) in [4.78, 5) is 11.9. The first-order valence-electron chi connectivity index (χ1n) is 6.13. The number of rotatable bonds is 4. The van der Waals surface area contributed by atoms with Crippen molar-refractivity contribution in [3.63, 3.8) is 0 Å². The Balaban J connectivity index is 1.91. The lowest BCUT2D eigenvalue weighted by Crippen LogP contribution is -2.47. The normalized spacial score (nSPS) is 18.9. The molecular weight excluding hydrogens is 218 g/mol. The van der Waals surface area contributed by atoms with Gasteiger partial charge >= 0.3 is 0 Å². The van der Waals surface area contributed by atoms with Crippen LogP contribution in [0.2, 0.25) is 0 Å². The summed E-state index contributed by atoms with van der Waals surface area (Å²) in [5, 5.41) is 9.74. The third-order valence-corrected chi connectivity index (χ3v) is 3.55. The van der Waals surface area contributed by atoms with Gasteiger partial charge in [0.1, 0.15) is 6.26 Å². The van der Waals surface area contributed by atoms with E-state index in [4.69, 9.17) is 0 Å². The van der Waals surface area contributed by atoms with Crippen molar-refractivity contribution in [2.45, 2.75) is 44.1 Å². The van der Waals surface area contributed by atoms with Crippen LogP contribution in [0.1, 0.15) is 38.5 Å². The van der Waals surface area contributed by atoms with Crippen LogP contribution in [-0.2, 0) is 4.79 Å². The number of carbonyl (C=O) groups excluding carboxylic acids is 1. The van der Waals surface area contributed by atoms with Crippen LogP contribution < -0.4 is 10.6 Å². The number of amides is 1. The van der Waals surface area contributed by atoms with Crippen molar-refractivity contribution in [2.24, 2.45) is 0 Å². The van der Waals surface area contributed by atoms with Crippen LogP contribution in [0.4, 0.5) is 5.82 Å². The highest BCUT2D eigenvalue weighted by Gasteiger charge is 2.32. The summed E-state index contributed by atoms with van der Waals surface area (Å²) in [7, 11) is 1.94. The Morgan fingerprint density at radius 3 is 2.82 bits per heavy atom. The molecule has 0 bridgehead atoms. The topological polar surface area (TPSA) is 67.2 Å². The number of carbonyl (C=O) groups is 1. The number of aromatic nitrogens is 1. The summed E-state index contributed by atoms with van der Waals surface area (Å²) in [5.41, 5.74) is -0.0356. The molecule has 1 saturated carbocycles. The van der Waals surface area contributed by atoms with Gasteiger partial charge in [-0.2, -0.15) is 0 Å². The van der Waals surface area contributed by atoms with E-state index in [0.717, 1.165) is 12.8 Å². The molecule has 1 amide bonds. The molecule has 5 nitrogen and oxygen atoms in total. The quantitative estimate of drug-likeness (QED) is 0.839. The van der Waals surface area contributed by atoms with Gasteiger partial charge in [0, 0.05) is 18.0 Å². The molecule has 2 N–H and O–H groups in total. The van der Waals surface area contributed by atoms with Crippen LogP contribution in [0.15, 0.2) is 16.9 Å². The van der Waals surface area contributed by atoms with E-state index in [-0.39, 0.29) is 11.4 Å². The summed E-state index contributed by atoms with van der Waals surface area (Å²) < 4.78 is 4.68. The summed E-state index contributed by atoms with van der Waals surface area (Å²) in [5.74, 6) is 0.479. The first kappa shape index (κ1) is 12.1. The zero-order valence-corrected chi connectivity index (χ0v) is 10.2. The molecule has 0 unspecified atom stereocenters. The Morgan fingerprint density at radius 2 is 2.24 bits per heavy atom. The van der Waals surface area contributed by atoms with Crippen LogP contribution in [0.5, 0.6) is 0 Å². The van der Waals surface area contributed by atoms with E-state index in [2.05, 4.69) is 20.3 Å². The highest BCUT2D eigenvalue weighted by Crippen LogP contribution is 2.30. The Morgan fingerprint density at radius 1 is 1.47 bits per heavy atom. The first-order valence-corrected chi connectivity index (χ1v) is 6.13. The van der Waals surface area contributed by atoms with E-state index in [9.17, 15) is 4.79 Å². The lowest BCUT2D eigenvalue weighted by atomic mass is 9.79. The fourth-order valence-electron chi connectivity index (χ4n) is 2.52. The maximum Gasteiger partial charge on any atom is 0.227 e. The predicted octanol–water partition coefficient (Wildman–Crippen LogP) is 1.93. The van der Waals surface area contributed by atoms with Crippen molar-refractivity contribution in [1.82, 2.24) is 10.5 Å². The Kier molecular flexibility index (Phi) is 3.78. The third kappa shape index (κ3) is 3.06. The maximum absolute atomic E-state index is 11.9. The van der Waals surface area contributed by atoms with Crippen LogP contribution in [0.25, 0.3) is 0 Å². The molecule has 0 aromatic carbocycles. The lowest BCUT2D eigenvalue weighted by molar-refractivity contribution is -0.118. The van der Waals surface area contributed by atoms with Crippen molar-refractivity contribution in [3.05, 3.63) is 12.3 Å². The summed E-state index contributed by atoms with van der Waals surface area (Å²) in [6, 6.07) is 1.64. The van der Waals surface area contributed by atoms with Crippen molar-refractivity contribution in [2.75, 3.05) is 12.4 Å². The minimum Gasteiger partial charge on any atom is -0.363 e. The van der Waals surface area contributed by atoms with Crippen LogP contribution in [-0.4, -0.2) is 23.7 Å². The number of nitrogens with one attached hydrogen (secondary N) is 2. The van der Waals surface area contributed by atoms with Gasteiger partial charge in [-0.05, 0) is 19.9 Å². The zero-order chi connectivity index (χ0) is 12.1. The molecule has 2 rings (SSSR count). The van der Waals surface area contributed by atoms with E-state index >= 15 is 0 Å². The number of hydrogen-bond acceptors (Lipinski definition) is 4. The molecule has 1 aromatic rings. The van der Waals surface area contributed by atoms with Gasteiger partial charge in [-0.15, -0.1) is 0 Å². The van der Waals surface area contributed by atoms with Crippen LogP contribution >= 0.6 is 0 Å². The van der Waals surface area contributed by atoms with E-state index in [1.165, 1.54) is 25.5 Å². The van der Waals surface area contributed by atoms with Crippen molar-refractivity contribution in [1.29, 1.82) is 0 Å². The maximum atomic E-state index is 11.9. The fourth-order valence-corrected chi connectivity index (χ4v) is 2.52. The molecule has 0 aliphatic heterocycles. The molecule has 1 fully saturated rings. The highest BCUT2D eigenvalue weighted by atomic mass is 16.5. The number of anilines is 1. The molecular formula is C12H19N3O2. The van der Waals surface area contributed by atoms with Gasteiger partial charge in [0.25, 0.3) is 0 Å². The van der Waals surface area contributed by atoms with Gasteiger partial charge in [-0.25, -0.2) is 0 Å². The highest BCUT2D eigenvalue weighted by molar-refractivity contribution is 5.90. The van der Waals surface area contributed by atoms with Gasteiger partial charge < -0.3 is 15.2 Å². The Bertz CT molecular complexity index is 356. The minimum atomic E-state index is -0.0356. The monoisotopic (exact) mass is 237 g/mol. The average Bonchev–Trinajstić information content (AvgIpc) is 2.83. The second-order valence-electron chi connectivity index (χ2n) is 4.70. The Labute approximate surface area is 101 Å². The molecule has 0 spiro atoms. The SMILES string of the molecule is CNC1(CC(=O)Nc2ccon2)CCCCC1. The molecule has 1 aliphatic carbocycles. The van der Waals surface area contributed by atoms with Gasteiger partial charge in [0.05, 0.1) is 0 Å². The predicted molar refractivity (Wildman–Crippen MR) is 64.6 cm³/mol. The first-order chi connectivity index (χ1) is 8.24. The van der Waals surface area contributed by atoms with Gasteiger partial charge in [0.15, 0.2) is 5.82 Å². The van der Waals surface area contributed by atoms with E-state index in [1.54, 1.807) is 6.07 Å². The van der Waals surface area contributed by atoms with Crippen LogP contribution in [0.3, 0.4) is 0 Å². The van der Waals surface area contributed by atoms with Crippen LogP contribution in [0, 0.1) is 0 Å². The molecule has 17 heavy (non-hydrogen) atoms. The molecule has 94 valence electrons. The standard InChI is InChI=1S/C12H19N3O2/c1-13-12(6-3-2-4-7-12)9-11(16)14-10-5-8-17-15-10/h5,8,13H,2-4,6-7,9H2,1H3,(H,14,15,16). The van der Waals surface area contributed by atoms with E-state index in [0.29, 0.717) is 12.2 Å². The second kappa shape index (κ2) is 5.31. The number of hydrogen-bond donors (Lipinski definition) is 2. The number of nitrogens with zero attached hydrogens (tertiary/aromatic N) is 1. The van der Waals surface area contributed by atoms with E-state index in [1.807, 2.05) is 7.05 Å². The molecule has 0 saturated heterocycles. The molecule has 1 heterocycles. The second-order valence-corrected chi connectivity index (χ2v) is 4.70. The van der Waals surface area contributed by atoms with Crippen molar-refractivity contribution >= 4 is 11.7 Å². The molecule has 5 heteroatoms. The summed E-state index contributed by atoms with van der Waals surface area (Å²) >= 11 is 0. The van der Waals surface area contributed by atoms with E-state index < -0.39 is 0 Å². The molecule has 0 atom stereocenters. The van der Waals surface area contributed by atoms with Crippen molar-refractivity contribution < 1.29 is 9.32 Å². The average molecular weight is 237 g/mol. The molecule has 0 radical (unpaired) electrons. The van der Waals surface area contributed by atoms with Gasteiger partial charge in [-0.3, -0.25) is 4.79 Å². The van der Waals surface area contributed by atoms with Crippen molar-refractivity contribution in [3.8, 4) is 0 Å².